The first-order chi connectivity index (χ1) is 13.0. The van der Waals surface area contributed by atoms with Gasteiger partial charge in [0.1, 0.15) is 23.6 Å². The Morgan fingerprint density at radius 3 is 1.76 bits per heavy atom. The topological polar surface area (TPSA) is 90.4 Å². The number of hydrogen-bond acceptors (Lipinski definition) is 6. The molecule has 0 unspecified atom stereocenters. The fourth-order valence-corrected chi connectivity index (χ4v) is 1.34. The van der Waals surface area contributed by atoms with Crippen molar-refractivity contribution in [3.63, 3.8) is 0 Å². The summed E-state index contributed by atoms with van der Waals surface area (Å²) in [6.45, 7) is 0. The van der Waals surface area contributed by atoms with Crippen LogP contribution in [0.2, 0.25) is 0 Å². The maximum absolute atomic E-state index is 13.0. The first-order valence-corrected chi connectivity index (χ1v) is 6.59. The molecule has 158 valence electrons. The number of nitriles is 2. The minimum atomic E-state index is -6.23. The van der Waals surface area contributed by atoms with Crippen LogP contribution in [0.3, 0.4) is 0 Å². The second-order valence-corrected chi connectivity index (χ2v) is 4.69. The highest BCUT2D eigenvalue weighted by atomic mass is 19.4. The number of ether oxygens (including phenoxy) is 2. The monoisotopic (exact) mass is 438 g/mol. The summed E-state index contributed by atoms with van der Waals surface area (Å²) < 4.78 is 132. The summed E-state index contributed by atoms with van der Waals surface area (Å²) in [7, 11) is 0. The standard InChI is InChI=1S/C13H4F10N4O2/c14-10(15,16)12(20,21)28-7-1-2-9(29-13(22,23)11(17,18)19)8(3-7)27-26-6(4-24)5-25/h1-3,27H. The van der Waals surface area contributed by atoms with Gasteiger partial charge in [-0.15, -0.1) is 0 Å². The van der Waals surface area contributed by atoms with Gasteiger partial charge in [0.2, 0.25) is 5.71 Å². The van der Waals surface area contributed by atoms with Crippen LogP contribution in [0.1, 0.15) is 0 Å². The predicted molar refractivity (Wildman–Crippen MR) is 72.0 cm³/mol. The van der Waals surface area contributed by atoms with Crippen molar-refractivity contribution in [1.82, 2.24) is 0 Å². The molecule has 0 aliphatic heterocycles. The predicted octanol–water partition coefficient (Wildman–Crippen LogP) is 4.57. The highest BCUT2D eigenvalue weighted by Crippen LogP contribution is 2.42. The van der Waals surface area contributed by atoms with Crippen LogP contribution in [-0.4, -0.2) is 30.3 Å². The molecule has 0 saturated heterocycles. The molecule has 0 amide bonds. The molecule has 1 aromatic carbocycles. The smallest absolute Gasteiger partial charge is 0.426 e. The molecule has 0 aliphatic rings. The zero-order chi connectivity index (χ0) is 22.7. The summed E-state index contributed by atoms with van der Waals surface area (Å²) in [5.74, 6) is -2.79. The number of hydrazone groups is 1. The molecular weight excluding hydrogens is 434 g/mol. The molecule has 0 aromatic heterocycles. The highest BCUT2D eigenvalue weighted by Gasteiger charge is 2.62. The Morgan fingerprint density at radius 1 is 0.828 bits per heavy atom. The summed E-state index contributed by atoms with van der Waals surface area (Å²) in [5, 5.41) is 19.9. The molecule has 29 heavy (non-hydrogen) atoms. The summed E-state index contributed by atoms with van der Waals surface area (Å²) >= 11 is 0. The van der Waals surface area contributed by atoms with Gasteiger partial charge in [-0.25, -0.2) is 0 Å². The molecular formula is C13H4F10N4O2. The number of nitrogens with zero attached hydrogens (tertiary/aromatic N) is 3. The van der Waals surface area contributed by atoms with E-state index in [1.165, 1.54) is 0 Å². The van der Waals surface area contributed by atoms with Crippen LogP contribution in [0, 0.1) is 22.7 Å². The molecule has 0 spiro atoms. The Labute approximate surface area is 153 Å². The van der Waals surface area contributed by atoms with Crippen LogP contribution in [0.15, 0.2) is 23.3 Å². The fourth-order valence-electron chi connectivity index (χ4n) is 1.34. The summed E-state index contributed by atoms with van der Waals surface area (Å²) in [5.41, 5.74) is -0.603. The lowest BCUT2D eigenvalue weighted by Gasteiger charge is -2.23. The van der Waals surface area contributed by atoms with E-state index in [1.807, 2.05) is 0 Å². The average Bonchev–Trinajstić information content (AvgIpc) is 2.55. The molecule has 0 saturated carbocycles. The second kappa shape index (κ2) is 7.90. The molecule has 1 rings (SSSR count). The molecule has 0 bridgehead atoms. The molecule has 16 heteroatoms. The van der Waals surface area contributed by atoms with Crippen molar-refractivity contribution in [3.05, 3.63) is 18.2 Å². The Morgan fingerprint density at radius 2 is 1.31 bits per heavy atom. The SMILES string of the molecule is N#CC(C#N)=NNc1cc(OC(F)(F)C(F)(F)F)ccc1OC(F)(F)C(F)(F)F. The molecule has 0 fully saturated rings. The number of nitrogens with one attached hydrogen (secondary N) is 1. The third kappa shape index (κ3) is 5.77. The van der Waals surface area contributed by atoms with E-state index < -0.39 is 47.5 Å². The van der Waals surface area contributed by atoms with E-state index in [-0.39, 0.29) is 18.2 Å². The van der Waals surface area contributed by atoms with Crippen molar-refractivity contribution >= 4 is 11.4 Å². The molecule has 0 radical (unpaired) electrons. The van der Waals surface area contributed by atoms with Gasteiger partial charge in [0.15, 0.2) is 5.75 Å². The first kappa shape index (κ1) is 23.6. The second-order valence-electron chi connectivity index (χ2n) is 4.69. The molecule has 1 aromatic rings. The molecule has 0 heterocycles. The highest BCUT2D eigenvalue weighted by molar-refractivity contribution is 6.10. The lowest BCUT2D eigenvalue weighted by Crippen LogP contribution is -2.42. The van der Waals surface area contributed by atoms with Crippen LogP contribution in [-0.2, 0) is 0 Å². The van der Waals surface area contributed by atoms with E-state index in [0.29, 0.717) is 0 Å². The van der Waals surface area contributed by atoms with Gasteiger partial charge in [-0.3, -0.25) is 5.43 Å². The third-order valence-electron chi connectivity index (χ3n) is 2.60. The van der Waals surface area contributed by atoms with Gasteiger partial charge in [-0.2, -0.15) is 59.5 Å². The van der Waals surface area contributed by atoms with E-state index in [4.69, 9.17) is 10.5 Å². The number of anilines is 1. The summed E-state index contributed by atoms with van der Waals surface area (Å²) in [6, 6.07) is 2.69. The maximum Gasteiger partial charge on any atom is 0.499 e. The Balaban J connectivity index is 3.38. The van der Waals surface area contributed by atoms with E-state index in [0.717, 1.165) is 12.1 Å². The number of rotatable bonds is 6. The van der Waals surface area contributed by atoms with Gasteiger partial charge in [-0.05, 0) is 12.1 Å². The van der Waals surface area contributed by atoms with Gasteiger partial charge in [0, 0.05) is 6.07 Å². The van der Waals surface area contributed by atoms with E-state index in [9.17, 15) is 43.9 Å². The Kier molecular flexibility index (Phi) is 6.43. The maximum atomic E-state index is 13.0. The first-order valence-electron chi connectivity index (χ1n) is 6.59. The molecule has 6 nitrogen and oxygen atoms in total. The van der Waals surface area contributed by atoms with Crippen LogP contribution in [0.5, 0.6) is 11.5 Å². The van der Waals surface area contributed by atoms with Crippen molar-refractivity contribution in [2.24, 2.45) is 5.10 Å². The lowest BCUT2D eigenvalue weighted by atomic mass is 10.2. The van der Waals surface area contributed by atoms with Gasteiger partial charge in [-0.1, -0.05) is 0 Å². The van der Waals surface area contributed by atoms with Gasteiger partial charge in [0.25, 0.3) is 0 Å². The van der Waals surface area contributed by atoms with Crippen molar-refractivity contribution < 1.29 is 53.4 Å². The normalized spacial score (nSPS) is 12.4. The molecule has 1 N–H and O–H groups in total. The number of hydrogen-bond donors (Lipinski definition) is 1. The molecule has 0 aliphatic carbocycles. The summed E-state index contributed by atoms with van der Waals surface area (Å²) in [6.07, 6.45) is -24.0. The van der Waals surface area contributed by atoms with Crippen molar-refractivity contribution in [1.29, 1.82) is 10.5 Å². The van der Waals surface area contributed by atoms with Crippen LogP contribution in [0.4, 0.5) is 49.6 Å². The largest absolute Gasteiger partial charge is 0.499 e. The summed E-state index contributed by atoms with van der Waals surface area (Å²) in [4.78, 5) is 0. The van der Waals surface area contributed by atoms with Gasteiger partial charge >= 0.3 is 24.6 Å². The quantitative estimate of drug-likeness (QED) is 0.399. The fraction of sp³-hybridized carbons (Fsp3) is 0.308. The van der Waals surface area contributed by atoms with Crippen LogP contribution < -0.4 is 14.9 Å². The minimum Gasteiger partial charge on any atom is -0.426 e. The zero-order valence-corrected chi connectivity index (χ0v) is 13.2. The van der Waals surface area contributed by atoms with Gasteiger partial charge in [0.05, 0.1) is 0 Å². The average molecular weight is 438 g/mol. The van der Waals surface area contributed by atoms with Crippen molar-refractivity contribution in [2.75, 3.05) is 5.43 Å². The molecule has 0 atom stereocenters. The van der Waals surface area contributed by atoms with Crippen molar-refractivity contribution in [3.8, 4) is 23.6 Å². The van der Waals surface area contributed by atoms with Crippen LogP contribution >= 0.6 is 0 Å². The Hall–Kier alpha value is -3.43. The van der Waals surface area contributed by atoms with E-state index >= 15 is 0 Å². The number of alkyl halides is 10. The number of benzene rings is 1. The number of halogens is 10. The zero-order valence-electron chi connectivity index (χ0n) is 13.2. The minimum absolute atomic E-state index is 0.0945. The van der Waals surface area contributed by atoms with Gasteiger partial charge < -0.3 is 9.47 Å². The Bertz CT molecular complexity index is 848. The van der Waals surface area contributed by atoms with Crippen LogP contribution in [0.25, 0.3) is 0 Å². The van der Waals surface area contributed by atoms with Crippen molar-refractivity contribution in [2.45, 2.75) is 24.6 Å². The third-order valence-corrected chi connectivity index (χ3v) is 2.60. The van der Waals surface area contributed by atoms with E-state index in [2.05, 4.69) is 14.6 Å². The van der Waals surface area contributed by atoms with E-state index in [1.54, 1.807) is 5.43 Å². The lowest BCUT2D eigenvalue weighted by molar-refractivity contribution is -0.361.